The number of aryl methyl sites for hydroxylation is 2. The van der Waals surface area contributed by atoms with Crippen LogP contribution >= 0.6 is 0 Å². The molecule has 1 aromatic rings. The fourth-order valence-corrected chi connectivity index (χ4v) is 4.59. The highest BCUT2D eigenvalue weighted by molar-refractivity contribution is 7.89. The molecule has 1 aromatic heterocycles. The Bertz CT molecular complexity index is 576. The number of methoxy groups -OCH3 is 1. The summed E-state index contributed by atoms with van der Waals surface area (Å²) in [7, 11) is 1.48. The minimum absolute atomic E-state index is 0.312. The molecule has 0 bridgehead atoms. The summed E-state index contributed by atoms with van der Waals surface area (Å²) in [5.74, 6) is 0. The van der Waals surface area contributed by atoms with Crippen LogP contribution < -0.4 is 0 Å². The number of rotatable bonds is 6. The van der Waals surface area contributed by atoms with E-state index in [-0.39, 0.29) is 0 Å². The van der Waals surface area contributed by atoms with E-state index in [1.165, 1.54) is 4.31 Å². The van der Waals surface area contributed by atoms with E-state index in [1.807, 2.05) is 6.92 Å². The van der Waals surface area contributed by atoms with E-state index in [4.69, 9.17) is 4.74 Å². The first-order valence-corrected chi connectivity index (χ1v) is 8.32. The van der Waals surface area contributed by atoms with Crippen molar-refractivity contribution in [3.63, 3.8) is 0 Å². The van der Waals surface area contributed by atoms with Crippen molar-refractivity contribution in [3.05, 3.63) is 11.9 Å². The summed E-state index contributed by atoms with van der Waals surface area (Å²) in [4.78, 5) is 0.312. The Labute approximate surface area is 120 Å². The van der Waals surface area contributed by atoms with Crippen LogP contribution in [0.15, 0.2) is 11.1 Å². The lowest BCUT2D eigenvalue weighted by molar-refractivity contribution is 0.0138. The van der Waals surface area contributed by atoms with Crippen molar-refractivity contribution in [2.45, 2.75) is 43.0 Å². The van der Waals surface area contributed by atoms with Crippen molar-refractivity contribution >= 4 is 10.0 Å². The Hall–Kier alpha value is -0.920. The molecule has 1 fully saturated rings. The van der Waals surface area contributed by atoms with Crippen LogP contribution in [0.25, 0.3) is 0 Å². The zero-order chi connectivity index (χ0) is 15.0. The summed E-state index contributed by atoms with van der Waals surface area (Å²) >= 11 is 0. The van der Waals surface area contributed by atoms with Gasteiger partial charge in [-0.1, -0.05) is 6.92 Å². The summed E-state index contributed by atoms with van der Waals surface area (Å²) < 4.78 is 34.0. The van der Waals surface area contributed by atoms with E-state index in [1.54, 1.807) is 32.1 Å². The summed E-state index contributed by atoms with van der Waals surface area (Å²) in [5.41, 5.74) is 0.222. The van der Waals surface area contributed by atoms with Gasteiger partial charge in [0.1, 0.15) is 4.90 Å². The van der Waals surface area contributed by atoms with Crippen molar-refractivity contribution in [2.75, 3.05) is 20.8 Å². The maximum absolute atomic E-state index is 12.9. The average Bonchev–Trinajstić information content (AvgIpc) is 2.75. The predicted molar refractivity (Wildman–Crippen MR) is 76.0 cm³/mol. The van der Waals surface area contributed by atoms with E-state index >= 15 is 0 Å². The molecule has 20 heavy (non-hydrogen) atoms. The van der Waals surface area contributed by atoms with Gasteiger partial charge in [-0.15, -0.1) is 0 Å². The lowest BCUT2D eigenvalue weighted by Crippen LogP contribution is -2.57. The molecule has 0 atom stereocenters. The van der Waals surface area contributed by atoms with Crippen LogP contribution in [-0.2, 0) is 28.2 Å². The van der Waals surface area contributed by atoms with Crippen molar-refractivity contribution in [2.24, 2.45) is 7.05 Å². The zero-order valence-electron chi connectivity index (χ0n) is 12.6. The van der Waals surface area contributed by atoms with Gasteiger partial charge in [0.25, 0.3) is 0 Å². The molecule has 1 aliphatic rings. The number of aromatic nitrogens is 2. The third kappa shape index (κ3) is 2.38. The summed E-state index contributed by atoms with van der Waals surface area (Å²) in [6.07, 6.45) is 4.91. The monoisotopic (exact) mass is 301 g/mol. The minimum Gasteiger partial charge on any atom is -0.383 e. The van der Waals surface area contributed by atoms with Gasteiger partial charge < -0.3 is 4.74 Å². The lowest BCUT2D eigenvalue weighted by atomic mass is 9.77. The molecule has 0 unspecified atom stereocenters. The number of nitrogens with zero attached hydrogens (tertiary/aromatic N) is 3. The van der Waals surface area contributed by atoms with Gasteiger partial charge in [-0.25, -0.2) is 8.42 Å². The molecule has 0 saturated heterocycles. The quantitative estimate of drug-likeness (QED) is 0.791. The summed E-state index contributed by atoms with van der Waals surface area (Å²) in [5, 5.41) is 4.23. The lowest BCUT2D eigenvalue weighted by Gasteiger charge is -2.47. The molecule has 0 spiro atoms. The van der Waals surface area contributed by atoms with Crippen molar-refractivity contribution in [1.29, 1.82) is 0 Å². The van der Waals surface area contributed by atoms with Gasteiger partial charge in [-0.2, -0.15) is 9.40 Å². The third-order valence-electron chi connectivity index (χ3n) is 4.21. The SMILES string of the molecule is CCc1nn(C)cc1S(=O)(=O)N(C)C1(COC)CCC1. The predicted octanol–water partition coefficient (Wildman–Crippen LogP) is 1.17. The molecule has 1 heterocycles. The van der Waals surface area contributed by atoms with Crippen molar-refractivity contribution in [1.82, 2.24) is 14.1 Å². The highest BCUT2D eigenvalue weighted by Crippen LogP contribution is 2.40. The third-order valence-corrected chi connectivity index (χ3v) is 6.21. The second-order valence-corrected chi connectivity index (χ2v) is 7.39. The van der Waals surface area contributed by atoms with Crippen LogP contribution in [0.1, 0.15) is 31.9 Å². The molecule has 0 aromatic carbocycles. The Kier molecular flexibility index (Phi) is 4.22. The number of hydrogen-bond donors (Lipinski definition) is 0. The molecular formula is C13H23N3O3S. The minimum atomic E-state index is -3.53. The normalized spacial score (nSPS) is 18.2. The standard InChI is InChI=1S/C13H23N3O3S/c1-5-11-12(9-15(2)14-11)20(17,18)16(3)13(10-19-4)7-6-8-13/h9H,5-8,10H2,1-4H3. The maximum atomic E-state index is 12.9. The zero-order valence-corrected chi connectivity index (χ0v) is 13.4. The molecule has 6 nitrogen and oxygen atoms in total. The van der Waals surface area contributed by atoms with E-state index < -0.39 is 15.6 Å². The molecule has 7 heteroatoms. The molecule has 0 N–H and O–H groups in total. The second-order valence-electron chi connectivity index (χ2n) is 5.45. The molecular weight excluding hydrogens is 278 g/mol. The number of hydrogen-bond acceptors (Lipinski definition) is 4. The summed E-state index contributed by atoms with van der Waals surface area (Å²) in [6, 6.07) is 0. The molecule has 0 aliphatic heterocycles. The van der Waals surface area contributed by atoms with E-state index in [0.717, 1.165) is 19.3 Å². The highest BCUT2D eigenvalue weighted by Gasteiger charge is 2.47. The van der Waals surface area contributed by atoms with Gasteiger partial charge in [-0.3, -0.25) is 4.68 Å². The van der Waals surface area contributed by atoms with Crippen LogP contribution in [0.4, 0.5) is 0 Å². The van der Waals surface area contributed by atoms with Gasteiger partial charge in [-0.05, 0) is 25.7 Å². The van der Waals surface area contributed by atoms with Gasteiger partial charge in [0, 0.05) is 27.4 Å². The first-order chi connectivity index (χ1) is 9.37. The van der Waals surface area contributed by atoms with Crippen LogP contribution in [0, 0.1) is 0 Å². The molecule has 2 rings (SSSR count). The topological polar surface area (TPSA) is 64.4 Å². The van der Waals surface area contributed by atoms with E-state index in [0.29, 0.717) is 23.6 Å². The fraction of sp³-hybridized carbons (Fsp3) is 0.769. The Morgan fingerprint density at radius 3 is 2.60 bits per heavy atom. The first kappa shape index (κ1) is 15.5. The Morgan fingerprint density at radius 2 is 2.15 bits per heavy atom. The van der Waals surface area contributed by atoms with E-state index in [9.17, 15) is 8.42 Å². The van der Waals surface area contributed by atoms with Crippen LogP contribution in [0.3, 0.4) is 0 Å². The number of sulfonamides is 1. The van der Waals surface area contributed by atoms with Gasteiger partial charge in [0.15, 0.2) is 0 Å². The number of ether oxygens (including phenoxy) is 1. The molecule has 0 amide bonds. The summed E-state index contributed by atoms with van der Waals surface area (Å²) in [6.45, 7) is 2.35. The fourth-order valence-electron chi connectivity index (χ4n) is 2.78. The van der Waals surface area contributed by atoms with Crippen LogP contribution in [0.2, 0.25) is 0 Å². The van der Waals surface area contributed by atoms with Gasteiger partial charge in [0.2, 0.25) is 10.0 Å². The molecule has 1 aliphatic carbocycles. The molecule has 114 valence electrons. The molecule has 0 radical (unpaired) electrons. The van der Waals surface area contributed by atoms with Gasteiger partial charge in [0.05, 0.1) is 17.8 Å². The maximum Gasteiger partial charge on any atom is 0.246 e. The first-order valence-electron chi connectivity index (χ1n) is 6.88. The Balaban J connectivity index is 2.38. The van der Waals surface area contributed by atoms with E-state index in [2.05, 4.69) is 5.10 Å². The second kappa shape index (κ2) is 5.46. The number of likely N-dealkylation sites (N-methyl/N-ethyl adjacent to an activating group) is 1. The highest BCUT2D eigenvalue weighted by atomic mass is 32.2. The smallest absolute Gasteiger partial charge is 0.246 e. The van der Waals surface area contributed by atoms with Crippen molar-refractivity contribution < 1.29 is 13.2 Å². The largest absolute Gasteiger partial charge is 0.383 e. The van der Waals surface area contributed by atoms with Crippen LogP contribution in [-0.4, -0.2) is 48.8 Å². The van der Waals surface area contributed by atoms with Gasteiger partial charge >= 0.3 is 0 Å². The average molecular weight is 301 g/mol. The van der Waals surface area contributed by atoms with Crippen molar-refractivity contribution in [3.8, 4) is 0 Å². The van der Waals surface area contributed by atoms with Crippen LogP contribution in [0.5, 0.6) is 0 Å². The Morgan fingerprint density at radius 1 is 1.50 bits per heavy atom. The molecule has 1 saturated carbocycles.